The van der Waals surface area contributed by atoms with Gasteiger partial charge in [0.05, 0.1) is 28.4 Å². The second-order valence-corrected chi connectivity index (χ2v) is 4.91. The van der Waals surface area contributed by atoms with Crippen LogP contribution in [0.4, 0.5) is 13.2 Å². The Bertz CT molecular complexity index is 689. The lowest BCUT2D eigenvalue weighted by molar-refractivity contribution is 0.0982. The SMILES string of the molecule is CCc1nn(C)c(CC(=O)c2c(F)cc(F)cc2F)c1Cl. The van der Waals surface area contributed by atoms with E-state index in [0.29, 0.717) is 35.0 Å². The highest BCUT2D eigenvalue weighted by Gasteiger charge is 2.22. The van der Waals surface area contributed by atoms with Gasteiger partial charge in [-0.05, 0) is 6.42 Å². The smallest absolute Gasteiger partial charge is 0.174 e. The molecule has 0 fully saturated rings. The van der Waals surface area contributed by atoms with E-state index in [-0.39, 0.29) is 6.42 Å². The molecule has 0 atom stereocenters. The molecular formula is C14H12ClF3N2O. The number of aromatic nitrogens is 2. The number of nitrogens with zero attached hydrogens (tertiary/aromatic N) is 2. The molecule has 0 aliphatic carbocycles. The second kappa shape index (κ2) is 5.89. The molecule has 2 rings (SSSR count). The van der Waals surface area contributed by atoms with E-state index in [1.54, 1.807) is 7.05 Å². The molecule has 3 nitrogen and oxygen atoms in total. The van der Waals surface area contributed by atoms with Crippen molar-refractivity contribution in [2.45, 2.75) is 19.8 Å². The standard InChI is InChI=1S/C14H12ClF3N2O/c1-3-10-14(15)11(20(2)19-10)6-12(21)13-8(17)4-7(16)5-9(13)18/h4-5H,3,6H2,1-2H3. The number of hydrogen-bond acceptors (Lipinski definition) is 2. The number of halogens is 4. The van der Waals surface area contributed by atoms with Gasteiger partial charge < -0.3 is 0 Å². The summed E-state index contributed by atoms with van der Waals surface area (Å²) in [6, 6.07) is 0.942. The fourth-order valence-electron chi connectivity index (χ4n) is 2.06. The predicted octanol–water partition coefficient (Wildman–Crippen LogP) is 3.48. The Balaban J connectivity index is 2.37. The maximum atomic E-state index is 13.6. The van der Waals surface area contributed by atoms with Crippen molar-refractivity contribution in [3.63, 3.8) is 0 Å². The van der Waals surface area contributed by atoms with Crippen molar-refractivity contribution in [3.05, 3.63) is 51.6 Å². The molecule has 1 heterocycles. The summed E-state index contributed by atoms with van der Waals surface area (Å²) in [4.78, 5) is 12.1. The maximum absolute atomic E-state index is 13.6. The minimum atomic E-state index is -1.23. The molecular weight excluding hydrogens is 305 g/mol. The highest BCUT2D eigenvalue weighted by molar-refractivity contribution is 6.32. The molecule has 1 aromatic carbocycles. The first-order valence-corrected chi connectivity index (χ1v) is 6.60. The van der Waals surface area contributed by atoms with E-state index in [1.165, 1.54) is 4.68 Å². The summed E-state index contributed by atoms with van der Waals surface area (Å²) in [7, 11) is 1.59. The van der Waals surface area contributed by atoms with Crippen LogP contribution in [0.15, 0.2) is 12.1 Å². The van der Waals surface area contributed by atoms with Crippen molar-refractivity contribution in [3.8, 4) is 0 Å². The van der Waals surface area contributed by atoms with Crippen molar-refractivity contribution in [2.24, 2.45) is 7.05 Å². The fourth-order valence-corrected chi connectivity index (χ4v) is 2.42. The van der Waals surface area contributed by atoms with Gasteiger partial charge in [-0.15, -0.1) is 0 Å². The highest BCUT2D eigenvalue weighted by Crippen LogP contribution is 2.24. The molecule has 0 unspecified atom stereocenters. The summed E-state index contributed by atoms with van der Waals surface area (Å²) in [5.41, 5.74) is 0.190. The van der Waals surface area contributed by atoms with Crippen LogP contribution in [0.2, 0.25) is 5.02 Å². The molecule has 0 bridgehead atoms. The Hall–Kier alpha value is -1.82. The predicted molar refractivity (Wildman–Crippen MR) is 71.9 cm³/mol. The van der Waals surface area contributed by atoms with Gasteiger partial charge in [0.15, 0.2) is 5.78 Å². The van der Waals surface area contributed by atoms with Crippen LogP contribution in [0.1, 0.15) is 28.7 Å². The molecule has 0 radical (unpaired) electrons. The molecule has 2 aromatic rings. The number of carbonyl (C=O) groups excluding carboxylic acids is 1. The number of rotatable bonds is 4. The van der Waals surface area contributed by atoms with Gasteiger partial charge >= 0.3 is 0 Å². The molecule has 0 spiro atoms. The summed E-state index contributed by atoms with van der Waals surface area (Å²) in [5, 5.41) is 4.42. The van der Waals surface area contributed by atoms with E-state index < -0.39 is 28.8 Å². The van der Waals surface area contributed by atoms with Gasteiger partial charge in [-0.2, -0.15) is 5.10 Å². The van der Waals surface area contributed by atoms with Gasteiger partial charge in [0.25, 0.3) is 0 Å². The molecule has 112 valence electrons. The second-order valence-electron chi connectivity index (χ2n) is 4.53. The molecule has 7 heteroatoms. The van der Waals surface area contributed by atoms with E-state index in [4.69, 9.17) is 11.6 Å². The van der Waals surface area contributed by atoms with E-state index in [1.807, 2.05) is 6.92 Å². The van der Waals surface area contributed by atoms with Crippen LogP contribution in [-0.2, 0) is 19.9 Å². The summed E-state index contributed by atoms with van der Waals surface area (Å²) in [5.74, 6) is -4.36. The normalized spacial score (nSPS) is 11.0. The topological polar surface area (TPSA) is 34.9 Å². The third kappa shape index (κ3) is 2.95. The van der Waals surface area contributed by atoms with Crippen LogP contribution < -0.4 is 0 Å². The summed E-state index contributed by atoms with van der Waals surface area (Å²) in [6.45, 7) is 1.85. The largest absolute Gasteiger partial charge is 0.294 e. The quantitative estimate of drug-likeness (QED) is 0.809. The summed E-state index contributed by atoms with van der Waals surface area (Å²) in [6.07, 6.45) is 0.252. The van der Waals surface area contributed by atoms with Crippen LogP contribution >= 0.6 is 11.6 Å². The molecule has 21 heavy (non-hydrogen) atoms. The Morgan fingerprint density at radius 1 is 1.29 bits per heavy atom. The Morgan fingerprint density at radius 2 is 1.86 bits per heavy atom. The third-order valence-corrected chi connectivity index (χ3v) is 3.55. The number of carbonyl (C=O) groups is 1. The number of hydrogen-bond donors (Lipinski definition) is 0. The van der Waals surface area contributed by atoms with Gasteiger partial charge in [-0.3, -0.25) is 9.48 Å². The average molecular weight is 317 g/mol. The lowest BCUT2D eigenvalue weighted by atomic mass is 10.0. The van der Waals surface area contributed by atoms with Crippen molar-refractivity contribution in [1.29, 1.82) is 0 Å². The molecule has 0 saturated heterocycles. The molecule has 0 N–H and O–H groups in total. The Labute approximate surface area is 124 Å². The maximum Gasteiger partial charge on any atom is 0.174 e. The molecule has 1 aromatic heterocycles. The Morgan fingerprint density at radius 3 is 2.33 bits per heavy atom. The van der Waals surface area contributed by atoms with Crippen LogP contribution in [-0.4, -0.2) is 15.6 Å². The van der Waals surface area contributed by atoms with Crippen molar-refractivity contribution in [1.82, 2.24) is 9.78 Å². The minimum absolute atomic E-state index is 0.302. The van der Waals surface area contributed by atoms with Crippen molar-refractivity contribution < 1.29 is 18.0 Å². The van der Waals surface area contributed by atoms with Gasteiger partial charge in [0, 0.05) is 19.2 Å². The van der Waals surface area contributed by atoms with E-state index in [2.05, 4.69) is 5.10 Å². The van der Waals surface area contributed by atoms with Crippen LogP contribution in [0, 0.1) is 17.5 Å². The van der Waals surface area contributed by atoms with Crippen LogP contribution in [0.25, 0.3) is 0 Å². The van der Waals surface area contributed by atoms with Crippen LogP contribution in [0.5, 0.6) is 0 Å². The van der Waals surface area contributed by atoms with E-state index >= 15 is 0 Å². The summed E-state index contributed by atoms with van der Waals surface area (Å²) < 4.78 is 41.4. The number of Topliss-reactive ketones (excluding diaryl/α,β-unsaturated/α-hetero) is 1. The lowest BCUT2D eigenvalue weighted by Crippen LogP contribution is -2.12. The number of ketones is 1. The Kier molecular flexibility index (Phi) is 4.37. The summed E-state index contributed by atoms with van der Waals surface area (Å²) >= 11 is 6.08. The first kappa shape index (κ1) is 15.6. The fraction of sp³-hybridized carbons (Fsp3) is 0.286. The zero-order valence-electron chi connectivity index (χ0n) is 11.4. The first-order chi connectivity index (χ1) is 9.85. The molecule has 0 aliphatic heterocycles. The highest BCUT2D eigenvalue weighted by atomic mass is 35.5. The van der Waals surface area contributed by atoms with Gasteiger partial charge in [0.1, 0.15) is 17.5 Å². The van der Waals surface area contributed by atoms with E-state index in [9.17, 15) is 18.0 Å². The molecule has 0 saturated carbocycles. The average Bonchev–Trinajstić information content (AvgIpc) is 2.65. The minimum Gasteiger partial charge on any atom is -0.294 e. The zero-order chi connectivity index (χ0) is 15.7. The molecule has 0 aliphatic rings. The number of benzene rings is 1. The lowest BCUT2D eigenvalue weighted by Gasteiger charge is -2.05. The van der Waals surface area contributed by atoms with E-state index in [0.717, 1.165) is 0 Å². The van der Waals surface area contributed by atoms with Gasteiger partial charge in [0.2, 0.25) is 0 Å². The first-order valence-electron chi connectivity index (χ1n) is 6.23. The van der Waals surface area contributed by atoms with Crippen molar-refractivity contribution >= 4 is 17.4 Å². The third-order valence-electron chi connectivity index (χ3n) is 3.12. The zero-order valence-corrected chi connectivity index (χ0v) is 12.1. The van der Waals surface area contributed by atoms with Crippen molar-refractivity contribution in [2.75, 3.05) is 0 Å². The number of aryl methyl sites for hydroxylation is 2. The van der Waals surface area contributed by atoms with Gasteiger partial charge in [-0.25, -0.2) is 13.2 Å². The van der Waals surface area contributed by atoms with Crippen LogP contribution in [0.3, 0.4) is 0 Å². The monoisotopic (exact) mass is 316 g/mol. The van der Waals surface area contributed by atoms with Gasteiger partial charge in [-0.1, -0.05) is 18.5 Å². The molecule has 0 amide bonds.